The molecule has 0 radical (unpaired) electrons. The first-order valence-corrected chi connectivity index (χ1v) is 10.8. The van der Waals surface area contributed by atoms with Gasteiger partial charge in [-0.1, -0.05) is 42.5 Å². The first-order valence-electron chi connectivity index (χ1n) is 10.8. The monoisotopic (exact) mass is 452 g/mol. The number of benzene rings is 2. The number of ether oxygens (including phenoxy) is 2. The van der Waals surface area contributed by atoms with Crippen molar-refractivity contribution in [2.24, 2.45) is 5.92 Å². The van der Waals surface area contributed by atoms with Crippen molar-refractivity contribution in [3.63, 3.8) is 0 Å². The second kappa shape index (κ2) is 9.35. The van der Waals surface area contributed by atoms with Gasteiger partial charge in [-0.05, 0) is 36.6 Å². The molecule has 0 spiro atoms. The molecule has 4 atom stereocenters. The number of aliphatic hydroxyl groups is 2. The Hall–Kier alpha value is -3.20. The Morgan fingerprint density at radius 1 is 1.09 bits per heavy atom. The molecular formula is C25H28N2O6. The standard InChI is InChI=1S/C25H28N2O6/c1-16-14-27(24(31)26-23(16)30)25(13-18-6-4-3-5-7-18)20(22(29)21(15-28)33-25)12-17-8-10-19(32-2)11-9-17/h3-11,14,20-22,28-29H,12-13,15H2,1-2H3,(H,26,30,31)/t20?,21-,22+,25-/m1/s1. The molecule has 1 fully saturated rings. The molecule has 1 unspecified atom stereocenters. The highest BCUT2D eigenvalue weighted by atomic mass is 16.6. The number of nitrogens with one attached hydrogen (secondary N) is 1. The third-order valence-electron chi connectivity index (χ3n) is 6.35. The first-order chi connectivity index (χ1) is 15.9. The normalized spacial score (nSPS) is 24.7. The Morgan fingerprint density at radius 3 is 2.42 bits per heavy atom. The lowest BCUT2D eigenvalue weighted by atomic mass is 9.82. The number of aryl methyl sites for hydroxylation is 1. The van der Waals surface area contributed by atoms with Crippen molar-refractivity contribution in [3.8, 4) is 5.75 Å². The van der Waals surface area contributed by atoms with Crippen molar-refractivity contribution in [3.05, 3.63) is 98.3 Å². The highest BCUT2D eigenvalue weighted by Gasteiger charge is 2.56. The summed E-state index contributed by atoms with van der Waals surface area (Å²) in [6.45, 7) is 1.20. The van der Waals surface area contributed by atoms with E-state index in [1.807, 2.05) is 54.6 Å². The summed E-state index contributed by atoms with van der Waals surface area (Å²) < 4.78 is 12.9. The van der Waals surface area contributed by atoms with Crippen molar-refractivity contribution in [2.45, 2.75) is 37.7 Å². The van der Waals surface area contributed by atoms with Gasteiger partial charge in [-0.2, -0.15) is 0 Å². The lowest BCUT2D eigenvalue weighted by Gasteiger charge is -2.37. The molecule has 8 heteroatoms. The van der Waals surface area contributed by atoms with Crippen LogP contribution in [-0.2, 0) is 23.3 Å². The number of methoxy groups -OCH3 is 1. The Balaban J connectivity index is 1.88. The molecule has 1 aliphatic rings. The molecule has 0 aliphatic carbocycles. The molecule has 1 aliphatic heterocycles. The number of nitrogens with zero attached hydrogens (tertiary/aromatic N) is 1. The van der Waals surface area contributed by atoms with Crippen LogP contribution in [-0.4, -0.2) is 45.7 Å². The van der Waals surface area contributed by atoms with Crippen LogP contribution in [0.2, 0.25) is 0 Å². The van der Waals surface area contributed by atoms with Gasteiger partial charge >= 0.3 is 5.69 Å². The summed E-state index contributed by atoms with van der Waals surface area (Å²) in [6, 6.07) is 16.9. The smallest absolute Gasteiger partial charge is 0.330 e. The van der Waals surface area contributed by atoms with Gasteiger partial charge in [0.05, 0.1) is 19.8 Å². The largest absolute Gasteiger partial charge is 0.497 e. The Kier molecular flexibility index (Phi) is 6.51. The fraction of sp³-hybridized carbons (Fsp3) is 0.360. The molecule has 1 aromatic heterocycles. The first kappa shape index (κ1) is 23.0. The second-order valence-corrected chi connectivity index (χ2v) is 8.44. The molecule has 33 heavy (non-hydrogen) atoms. The zero-order chi connectivity index (χ0) is 23.6. The zero-order valence-electron chi connectivity index (χ0n) is 18.6. The van der Waals surface area contributed by atoms with Gasteiger partial charge in [0.15, 0.2) is 5.72 Å². The molecule has 8 nitrogen and oxygen atoms in total. The van der Waals surface area contributed by atoms with Crippen LogP contribution < -0.4 is 16.0 Å². The Bertz CT molecular complexity index is 1200. The summed E-state index contributed by atoms with van der Waals surface area (Å²) in [5.41, 5.74) is -0.300. The summed E-state index contributed by atoms with van der Waals surface area (Å²) in [7, 11) is 1.59. The van der Waals surface area contributed by atoms with E-state index < -0.39 is 41.7 Å². The van der Waals surface area contributed by atoms with Gasteiger partial charge in [-0.3, -0.25) is 14.3 Å². The van der Waals surface area contributed by atoms with E-state index in [0.29, 0.717) is 17.7 Å². The molecular weight excluding hydrogens is 424 g/mol. The number of aromatic amines is 1. The lowest BCUT2D eigenvalue weighted by molar-refractivity contribution is -0.132. The van der Waals surface area contributed by atoms with Crippen LogP contribution in [0, 0.1) is 12.8 Å². The van der Waals surface area contributed by atoms with E-state index in [9.17, 15) is 19.8 Å². The number of H-pyrrole nitrogens is 1. The molecule has 174 valence electrons. The minimum absolute atomic E-state index is 0.258. The number of aromatic nitrogens is 2. The fourth-order valence-electron chi connectivity index (χ4n) is 4.62. The number of hydrogen-bond acceptors (Lipinski definition) is 6. The van der Waals surface area contributed by atoms with Gasteiger partial charge in [0.1, 0.15) is 11.9 Å². The van der Waals surface area contributed by atoms with Crippen molar-refractivity contribution in [1.29, 1.82) is 0 Å². The number of rotatable bonds is 7. The molecule has 0 bridgehead atoms. The molecule has 4 rings (SSSR count). The fourth-order valence-corrected chi connectivity index (χ4v) is 4.62. The minimum Gasteiger partial charge on any atom is -0.497 e. The molecule has 1 saturated heterocycles. The van der Waals surface area contributed by atoms with Gasteiger partial charge in [0, 0.05) is 24.1 Å². The van der Waals surface area contributed by atoms with Crippen LogP contribution in [0.25, 0.3) is 0 Å². The molecule has 0 saturated carbocycles. The average molecular weight is 453 g/mol. The van der Waals surface area contributed by atoms with E-state index in [1.165, 1.54) is 10.8 Å². The second-order valence-electron chi connectivity index (χ2n) is 8.44. The van der Waals surface area contributed by atoms with Gasteiger partial charge in [-0.25, -0.2) is 4.79 Å². The summed E-state index contributed by atoms with van der Waals surface area (Å²) in [5, 5.41) is 21.2. The average Bonchev–Trinajstić information content (AvgIpc) is 3.09. The van der Waals surface area contributed by atoms with Gasteiger partial charge in [0.25, 0.3) is 5.56 Å². The molecule has 2 heterocycles. The maximum absolute atomic E-state index is 13.0. The van der Waals surface area contributed by atoms with Crippen LogP contribution in [0.4, 0.5) is 0 Å². The predicted octanol–water partition coefficient (Wildman–Crippen LogP) is 1.36. The zero-order valence-corrected chi connectivity index (χ0v) is 18.6. The van der Waals surface area contributed by atoms with Crippen molar-refractivity contribution in [1.82, 2.24) is 9.55 Å². The van der Waals surface area contributed by atoms with Crippen LogP contribution >= 0.6 is 0 Å². The molecule has 0 amide bonds. The number of aliphatic hydroxyl groups excluding tert-OH is 2. The molecule has 2 aromatic carbocycles. The van der Waals surface area contributed by atoms with Gasteiger partial charge < -0.3 is 19.7 Å². The predicted molar refractivity (Wildman–Crippen MR) is 122 cm³/mol. The topological polar surface area (TPSA) is 114 Å². The lowest BCUT2D eigenvalue weighted by Crippen LogP contribution is -2.51. The Morgan fingerprint density at radius 2 is 1.79 bits per heavy atom. The molecule has 3 aromatic rings. The maximum Gasteiger partial charge on any atom is 0.330 e. The van der Waals surface area contributed by atoms with Gasteiger partial charge in [-0.15, -0.1) is 0 Å². The van der Waals surface area contributed by atoms with Crippen LogP contribution in [0.1, 0.15) is 16.7 Å². The highest BCUT2D eigenvalue weighted by molar-refractivity contribution is 5.28. The van der Waals surface area contributed by atoms with Crippen LogP contribution in [0.15, 0.2) is 70.4 Å². The van der Waals surface area contributed by atoms with E-state index in [1.54, 1.807) is 14.0 Å². The quantitative estimate of drug-likeness (QED) is 0.499. The third kappa shape index (κ3) is 4.37. The number of hydrogen-bond donors (Lipinski definition) is 3. The highest BCUT2D eigenvalue weighted by Crippen LogP contribution is 2.44. The van der Waals surface area contributed by atoms with E-state index in [4.69, 9.17) is 9.47 Å². The molecule has 3 N–H and O–H groups in total. The van der Waals surface area contributed by atoms with Crippen LogP contribution in [0.3, 0.4) is 0 Å². The summed E-state index contributed by atoms with van der Waals surface area (Å²) in [4.78, 5) is 27.5. The summed E-state index contributed by atoms with van der Waals surface area (Å²) in [5.74, 6) is 0.115. The van der Waals surface area contributed by atoms with E-state index in [2.05, 4.69) is 4.98 Å². The van der Waals surface area contributed by atoms with E-state index >= 15 is 0 Å². The minimum atomic E-state index is -1.33. The van der Waals surface area contributed by atoms with E-state index in [-0.39, 0.29) is 6.42 Å². The Labute approximate surface area is 191 Å². The summed E-state index contributed by atoms with van der Waals surface area (Å²) >= 11 is 0. The van der Waals surface area contributed by atoms with Crippen molar-refractivity contribution >= 4 is 0 Å². The van der Waals surface area contributed by atoms with E-state index in [0.717, 1.165) is 11.1 Å². The van der Waals surface area contributed by atoms with Gasteiger partial charge in [0.2, 0.25) is 0 Å². The summed E-state index contributed by atoms with van der Waals surface area (Å²) in [6.07, 6.45) is 0.167. The van der Waals surface area contributed by atoms with Crippen molar-refractivity contribution < 1.29 is 19.7 Å². The SMILES string of the molecule is COc1ccc(CC2[C@H](O)[C@@H](CO)O[C@@]2(Cc2ccccc2)n2cc(C)c(=O)[nH]c2=O)cc1. The maximum atomic E-state index is 13.0. The third-order valence-corrected chi connectivity index (χ3v) is 6.35. The van der Waals surface area contributed by atoms with Crippen LogP contribution in [0.5, 0.6) is 5.75 Å². The van der Waals surface area contributed by atoms with Crippen molar-refractivity contribution in [2.75, 3.05) is 13.7 Å².